The summed E-state index contributed by atoms with van der Waals surface area (Å²) in [6.07, 6.45) is 0. The Morgan fingerprint density at radius 3 is 1.41 bits per heavy atom. The van der Waals surface area contributed by atoms with Gasteiger partial charge in [0.15, 0.2) is 0 Å². The van der Waals surface area contributed by atoms with Crippen LogP contribution in [0.2, 0.25) is 0 Å². The first-order chi connectivity index (χ1) is 42.1. The first-order valence-corrected chi connectivity index (χ1v) is 29.9. The zero-order valence-electron chi connectivity index (χ0n) is 46.3. The van der Waals surface area contributed by atoms with Gasteiger partial charge in [-0.25, -0.2) is 0 Å². The normalized spacial score (nSPS) is 12.2. The second-order valence-electron chi connectivity index (χ2n) is 21.8. The number of rotatable bonds is 11. The molecule has 0 spiro atoms. The summed E-state index contributed by atoms with van der Waals surface area (Å²) in [6.45, 7) is -0.185. The number of para-hydroxylation sites is 8. The van der Waals surface area contributed by atoms with Crippen molar-refractivity contribution in [2.75, 3.05) is 19.6 Å². The fourth-order valence-corrected chi connectivity index (χ4v) is 13.9. The van der Waals surface area contributed by atoms with E-state index in [0.29, 0.717) is 0 Å². The van der Waals surface area contributed by atoms with Gasteiger partial charge in [0.05, 0.1) is 0 Å². The van der Waals surface area contributed by atoms with Crippen molar-refractivity contribution >= 4 is 134 Å². The van der Waals surface area contributed by atoms with E-state index in [0.717, 1.165) is 101 Å². The van der Waals surface area contributed by atoms with Crippen LogP contribution in [0.5, 0.6) is 0 Å². The van der Waals surface area contributed by atoms with Crippen LogP contribution in [0.4, 0.5) is 68.2 Å². The van der Waals surface area contributed by atoms with Gasteiger partial charge in [-0.2, -0.15) is 0 Å². The van der Waals surface area contributed by atoms with E-state index in [1.54, 1.807) is 0 Å². The van der Waals surface area contributed by atoms with Gasteiger partial charge in [-0.15, -0.1) is 0 Å². The third-order valence-corrected chi connectivity index (χ3v) is 17.7. The van der Waals surface area contributed by atoms with Crippen molar-refractivity contribution in [1.29, 1.82) is 0 Å². The van der Waals surface area contributed by atoms with Crippen LogP contribution < -0.4 is 40.4 Å². The number of anilines is 12. The maximum atomic E-state index is 3.71. The monoisotopic (exact) mass is 1150 g/mol. The maximum absolute atomic E-state index is 3.71. The van der Waals surface area contributed by atoms with Crippen molar-refractivity contribution in [3.63, 3.8) is 0 Å². The van der Waals surface area contributed by atoms with Crippen molar-refractivity contribution < 1.29 is 0 Å². The standard InChI is InChI=1S/C78H53BN5Se/c85-77-53-73-67(52-74(77)82(68-41-21-16-36-62(68)54-26-6-1-7-27-54)60-48-46-59(47-49-60)81-70-43-23-18-38-64(70)65-39-19-24-44-71(65)81)79-66-40-20-25-45-72(66)83(58-34-14-5-15-35-58)75-50-61(80(56-30-10-3-11-31-56)57-32-12-4-13-33-57)51-76(78(75)79)84(73)69-42-22-17-37-63(69)55-28-8-2-9-29-55/h1-53H. The molecule has 2 aliphatic rings. The molecule has 16 rings (SSSR count). The molecule has 399 valence electrons. The van der Waals surface area contributed by atoms with Gasteiger partial charge in [0.2, 0.25) is 0 Å². The molecule has 0 atom stereocenters. The molecule has 1 aromatic heterocycles. The predicted octanol–water partition coefficient (Wildman–Crippen LogP) is 17.9. The van der Waals surface area contributed by atoms with Crippen molar-refractivity contribution in [1.82, 2.24) is 4.57 Å². The zero-order chi connectivity index (χ0) is 56.4. The molecule has 1 radical (unpaired) electrons. The summed E-state index contributed by atoms with van der Waals surface area (Å²) >= 11 is 3.71. The molecule has 0 saturated heterocycles. The molecule has 0 saturated carbocycles. The summed E-state index contributed by atoms with van der Waals surface area (Å²) in [7, 11) is 0. The molecule has 3 heterocycles. The van der Waals surface area contributed by atoms with Crippen LogP contribution in [0.25, 0.3) is 49.7 Å². The Morgan fingerprint density at radius 2 is 0.776 bits per heavy atom. The SMILES string of the molecule is [Se]c1cc2c(cc1N(c1ccc(-n3c4ccccc4c4ccccc43)cc1)c1ccccc1-c1ccccc1)B1c3ccccc3N(c3ccccc3)c3cc(N(c4ccccc4)c4ccccc4)cc(c31)N2c1ccccc1-c1ccccc1. The van der Waals surface area contributed by atoms with E-state index in [2.05, 4.69) is 362 Å². The Kier molecular flexibility index (Phi) is 12.4. The van der Waals surface area contributed by atoms with Gasteiger partial charge in [0.25, 0.3) is 0 Å². The van der Waals surface area contributed by atoms with E-state index in [1.807, 2.05) is 0 Å². The Balaban J connectivity index is 0.986. The second kappa shape index (κ2) is 21.0. The molecule has 0 amide bonds. The Hall–Kier alpha value is -10.6. The molecule has 85 heavy (non-hydrogen) atoms. The van der Waals surface area contributed by atoms with Gasteiger partial charge in [-0.05, 0) is 0 Å². The van der Waals surface area contributed by atoms with Crippen LogP contribution in [-0.4, -0.2) is 27.3 Å². The van der Waals surface area contributed by atoms with E-state index in [1.165, 1.54) is 38.2 Å². The van der Waals surface area contributed by atoms with E-state index in [9.17, 15) is 0 Å². The minimum absolute atomic E-state index is 0.185. The van der Waals surface area contributed by atoms with E-state index < -0.39 is 0 Å². The number of benzene rings is 13. The Labute approximate surface area is 504 Å². The second-order valence-corrected chi connectivity index (χ2v) is 22.7. The van der Waals surface area contributed by atoms with Gasteiger partial charge in [-0.3, -0.25) is 0 Å². The van der Waals surface area contributed by atoms with Gasteiger partial charge < -0.3 is 0 Å². The topological polar surface area (TPSA) is 17.9 Å². The van der Waals surface area contributed by atoms with Crippen molar-refractivity contribution in [3.05, 3.63) is 322 Å². The summed E-state index contributed by atoms with van der Waals surface area (Å²) in [5.74, 6) is 0. The van der Waals surface area contributed by atoms with Crippen molar-refractivity contribution in [3.8, 4) is 27.9 Å². The summed E-state index contributed by atoms with van der Waals surface area (Å²) < 4.78 is 3.41. The molecular weight excluding hydrogens is 1100 g/mol. The van der Waals surface area contributed by atoms with E-state index in [-0.39, 0.29) is 6.71 Å². The van der Waals surface area contributed by atoms with E-state index >= 15 is 0 Å². The third kappa shape index (κ3) is 8.46. The molecule has 0 unspecified atom stereocenters. The molecule has 0 N–H and O–H groups in total. The Bertz CT molecular complexity index is 4710. The van der Waals surface area contributed by atoms with Gasteiger partial charge in [0.1, 0.15) is 0 Å². The van der Waals surface area contributed by atoms with E-state index in [4.69, 9.17) is 0 Å². The molecule has 5 nitrogen and oxygen atoms in total. The van der Waals surface area contributed by atoms with Crippen LogP contribution in [0, 0.1) is 0 Å². The fraction of sp³-hybridized carbons (Fsp3) is 0. The number of nitrogens with zero attached hydrogens (tertiary/aromatic N) is 5. The fourth-order valence-electron chi connectivity index (χ4n) is 13.4. The van der Waals surface area contributed by atoms with Crippen molar-refractivity contribution in [2.24, 2.45) is 0 Å². The van der Waals surface area contributed by atoms with Crippen molar-refractivity contribution in [2.45, 2.75) is 0 Å². The average molecular weight is 1150 g/mol. The van der Waals surface area contributed by atoms with Gasteiger partial charge in [-0.1, -0.05) is 0 Å². The van der Waals surface area contributed by atoms with Crippen LogP contribution in [0.15, 0.2) is 322 Å². The zero-order valence-corrected chi connectivity index (χ0v) is 48.0. The quantitative estimate of drug-likeness (QED) is 0.120. The van der Waals surface area contributed by atoms with Gasteiger partial charge >= 0.3 is 507 Å². The molecule has 13 aromatic carbocycles. The molecule has 0 fully saturated rings. The third-order valence-electron chi connectivity index (χ3n) is 17.0. The first-order valence-electron chi connectivity index (χ1n) is 29.0. The number of hydrogen-bond donors (Lipinski definition) is 0. The summed E-state index contributed by atoms with van der Waals surface area (Å²) in [5, 5.41) is 2.48. The molecule has 0 aliphatic carbocycles. The van der Waals surface area contributed by atoms with Crippen LogP contribution >= 0.6 is 0 Å². The minimum atomic E-state index is -0.185. The molecule has 7 heteroatoms. The molecule has 14 aromatic rings. The molecule has 2 aliphatic heterocycles. The Morgan fingerprint density at radius 1 is 0.294 bits per heavy atom. The summed E-state index contributed by atoms with van der Waals surface area (Å²) in [6, 6.07) is 117. The van der Waals surface area contributed by atoms with Crippen LogP contribution in [0.1, 0.15) is 0 Å². The number of hydrogen-bond acceptors (Lipinski definition) is 4. The van der Waals surface area contributed by atoms with Crippen LogP contribution in [-0.2, 0) is 0 Å². The molecular formula is C78H53BN5Se. The number of aromatic nitrogens is 1. The first kappa shape index (κ1) is 50.2. The number of fused-ring (bicyclic) bond motifs is 7. The average Bonchev–Trinajstić information content (AvgIpc) is 1.45. The predicted molar refractivity (Wildman–Crippen MR) is 360 cm³/mol. The summed E-state index contributed by atoms with van der Waals surface area (Å²) in [4.78, 5) is 9.95. The molecule has 0 bridgehead atoms. The summed E-state index contributed by atoms with van der Waals surface area (Å²) in [5.41, 5.74) is 24.7. The van der Waals surface area contributed by atoms with Gasteiger partial charge in [0, 0.05) is 0 Å². The van der Waals surface area contributed by atoms with Crippen LogP contribution in [0.3, 0.4) is 0 Å².